The first kappa shape index (κ1) is 21.0. The second kappa shape index (κ2) is 8.57. The number of pyridine rings is 1. The first-order valence-corrected chi connectivity index (χ1v) is 9.39. The molecule has 0 fully saturated rings. The number of aliphatic hydroxyl groups is 1. The zero-order valence-corrected chi connectivity index (χ0v) is 16.8. The van der Waals surface area contributed by atoms with Crippen LogP contribution in [0.3, 0.4) is 0 Å². The first-order valence-electron chi connectivity index (χ1n) is 8.95. The number of hydrogen-bond donors (Lipinski definition) is 3. The summed E-state index contributed by atoms with van der Waals surface area (Å²) >= 11 is 6.17. The van der Waals surface area contributed by atoms with Crippen molar-refractivity contribution in [3.05, 3.63) is 47.5 Å². The summed E-state index contributed by atoms with van der Waals surface area (Å²) in [5.74, 6) is -0.660. The van der Waals surface area contributed by atoms with E-state index in [2.05, 4.69) is 15.6 Å². The third-order valence-electron chi connectivity index (χ3n) is 4.76. The second-order valence-corrected chi connectivity index (χ2v) is 7.85. The van der Waals surface area contributed by atoms with Gasteiger partial charge in [-0.05, 0) is 44.1 Å². The fourth-order valence-corrected chi connectivity index (χ4v) is 2.83. The van der Waals surface area contributed by atoms with Crippen molar-refractivity contribution in [1.29, 1.82) is 0 Å². The standard InChI is InChI=1S/C20H26ClN3O3/c1-5-20(3,4)24-19(27)16-10-13(8-9-22-16)23-18(26)11-14-12(2)15(21)6-7-17(14)25/h6-10,12,15,25H,5,11H2,1-4H3,(H,24,27)(H,22,23,26). The van der Waals surface area contributed by atoms with Crippen LogP contribution >= 0.6 is 11.6 Å². The van der Waals surface area contributed by atoms with Crippen LogP contribution in [0.2, 0.25) is 0 Å². The van der Waals surface area contributed by atoms with Crippen LogP contribution in [-0.4, -0.2) is 32.8 Å². The molecule has 2 unspecified atom stereocenters. The number of amides is 2. The van der Waals surface area contributed by atoms with Crippen LogP contribution in [0, 0.1) is 5.92 Å². The Morgan fingerprint density at radius 2 is 2.07 bits per heavy atom. The summed E-state index contributed by atoms with van der Waals surface area (Å²) in [4.78, 5) is 28.8. The molecule has 1 aromatic heterocycles. The van der Waals surface area contributed by atoms with Gasteiger partial charge < -0.3 is 15.7 Å². The van der Waals surface area contributed by atoms with Crippen molar-refractivity contribution >= 4 is 29.1 Å². The van der Waals surface area contributed by atoms with Crippen LogP contribution in [0.15, 0.2) is 41.8 Å². The van der Waals surface area contributed by atoms with Gasteiger partial charge in [-0.1, -0.05) is 19.9 Å². The highest BCUT2D eigenvalue weighted by molar-refractivity contribution is 6.22. The third-order valence-corrected chi connectivity index (χ3v) is 5.28. The smallest absolute Gasteiger partial charge is 0.270 e. The third kappa shape index (κ3) is 5.57. The summed E-state index contributed by atoms with van der Waals surface area (Å²) in [5, 5.41) is 15.4. The van der Waals surface area contributed by atoms with E-state index in [-0.39, 0.29) is 46.5 Å². The molecule has 27 heavy (non-hydrogen) atoms. The number of aromatic nitrogens is 1. The number of anilines is 1. The zero-order chi connectivity index (χ0) is 20.2. The SMILES string of the molecule is CCC(C)(C)NC(=O)c1cc(NC(=O)CC2=C(O)C=CC(Cl)C2C)ccn1. The van der Waals surface area contributed by atoms with Gasteiger partial charge in [-0.15, -0.1) is 11.6 Å². The molecule has 146 valence electrons. The summed E-state index contributed by atoms with van der Waals surface area (Å²) in [6, 6.07) is 3.14. The van der Waals surface area contributed by atoms with E-state index in [1.807, 2.05) is 27.7 Å². The monoisotopic (exact) mass is 391 g/mol. The van der Waals surface area contributed by atoms with Crippen LogP contribution < -0.4 is 10.6 Å². The molecule has 0 bridgehead atoms. The maximum Gasteiger partial charge on any atom is 0.270 e. The quantitative estimate of drug-likeness (QED) is 0.640. The summed E-state index contributed by atoms with van der Waals surface area (Å²) in [7, 11) is 0. The zero-order valence-electron chi connectivity index (χ0n) is 16.0. The number of nitrogens with zero attached hydrogens (tertiary/aromatic N) is 1. The lowest BCUT2D eigenvalue weighted by Crippen LogP contribution is -2.43. The predicted molar refractivity (Wildman–Crippen MR) is 107 cm³/mol. The summed E-state index contributed by atoms with van der Waals surface area (Å²) in [5.41, 5.74) is 0.943. The van der Waals surface area contributed by atoms with Crippen LogP contribution in [0.1, 0.15) is 51.0 Å². The van der Waals surface area contributed by atoms with Gasteiger partial charge in [-0.2, -0.15) is 0 Å². The van der Waals surface area contributed by atoms with Crippen molar-refractivity contribution in [3.8, 4) is 0 Å². The molecule has 2 atom stereocenters. The van der Waals surface area contributed by atoms with Gasteiger partial charge in [0.25, 0.3) is 5.91 Å². The molecule has 2 rings (SSSR count). The first-order chi connectivity index (χ1) is 12.6. The minimum absolute atomic E-state index is 0.0211. The van der Waals surface area contributed by atoms with E-state index >= 15 is 0 Å². The van der Waals surface area contributed by atoms with E-state index in [1.165, 1.54) is 18.3 Å². The minimum atomic E-state index is -0.343. The molecule has 0 aromatic carbocycles. The largest absolute Gasteiger partial charge is 0.508 e. The van der Waals surface area contributed by atoms with Gasteiger partial charge >= 0.3 is 0 Å². The number of allylic oxidation sites excluding steroid dienone is 2. The summed E-state index contributed by atoms with van der Waals surface area (Å²) in [6.45, 7) is 7.72. The molecule has 3 N–H and O–H groups in total. The number of carbonyl (C=O) groups is 2. The molecule has 0 saturated carbocycles. The van der Waals surface area contributed by atoms with Crippen LogP contribution in [0.5, 0.6) is 0 Å². The molecule has 1 aliphatic carbocycles. The highest BCUT2D eigenvalue weighted by Gasteiger charge is 2.25. The van der Waals surface area contributed by atoms with Crippen molar-refractivity contribution in [2.75, 3.05) is 5.32 Å². The molecule has 0 saturated heterocycles. The van der Waals surface area contributed by atoms with Gasteiger partial charge in [0, 0.05) is 23.3 Å². The van der Waals surface area contributed by atoms with E-state index < -0.39 is 0 Å². The molecule has 7 heteroatoms. The number of hydrogen-bond acceptors (Lipinski definition) is 4. The second-order valence-electron chi connectivity index (χ2n) is 7.35. The molecule has 1 aliphatic rings. The molecule has 0 aliphatic heterocycles. The van der Waals surface area contributed by atoms with Crippen molar-refractivity contribution in [1.82, 2.24) is 10.3 Å². The van der Waals surface area contributed by atoms with Crippen molar-refractivity contribution in [2.45, 2.75) is 51.5 Å². The Hall–Kier alpha value is -2.34. The highest BCUT2D eigenvalue weighted by atomic mass is 35.5. The average Bonchev–Trinajstić information content (AvgIpc) is 2.62. The van der Waals surface area contributed by atoms with Gasteiger partial charge in [0.05, 0.1) is 11.8 Å². The lowest BCUT2D eigenvalue weighted by Gasteiger charge is -2.24. The fraction of sp³-hybridized carbons (Fsp3) is 0.450. The van der Waals surface area contributed by atoms with E-state index in [1.54, 1.807) is 12.1 Å². The van der Waals surface area contributed by atoms with Crippen LogP contribution in [0.25, 0.3) is 0 Å². The Morgan fingerprint density at radius 3 is 2.74 bits per heavy atom. The Kier molecular flexibility index (Phi) is 6.65. The molecule has 1 heterocycles. The van der Waals surface area contributed by atoms with Gasteiger partial charge in [-0.25, -0.2) is 0 Å². The molecule has 2 amide bonds. The van der Waals surface area contributed by atoms with Crippen LogP contribution in [0.4, 0.5) is 5.69 Å². The molecular formula is C20H26ClN3O3. The molecule has 0 radical (unpaired) electrons. The minimum Gasteiger partial charge on any atom is -0.508 e. The van der Waals surface area contributed by atoms with Gasteiger partial charge in [0.15, 0.2) is 0 Å². The molecule has 1 aromatic rings. The van der Waals surface area contributed by atoms with Crippen molar-refractivity contribution in [3.63, 3.8) is 0 Å². The van der Waals surface area contributed by atoms with E-state index in [9.17, 15) is 14.7 Å². The molecule has 0 spiro atoms. The van der Waals surface area contributed by atoms with E-state index in [4.69, 9.17) is 11.6 Å². The lowest BCUT2D eigenvalue weighted by atomic mass is 9.89. The van der Waals surface area contributed by atoms with E-state index in [0.29, 0.717) is 11.3 Å². The normalized spacial score (nSPS) is 19.7. The number of nitrogens with one attached hydrogen (secondary N) is 2. The Labute approximate surface area is 164 Å². The number of carbonyl (C=O) groups excluding carboxylic acids is 2. The van der Waals surface area contributed by atoms with Gasteiger partial charge in [-0.3, -0.25) is 14.6 Å². The van der Waals surface area contributed by atoms with Gasteiger partial charge in [0.1, 0.15) is 11.5 Å². The van der Waals surface area contributed by atoms with Gasteiger partial charge in [0.2, 0.25) is 5.91 Å². The predicted octanol–water partition coefficient (Wildman–Crippen LogP) is 3.95. The number of alkyl halides is 1. The number of aliphatic hydroxyl groups excluding tert-OH is 1. The average molecular weight is 392 g/mol. The Balaban J connectivity index is 2.07. The molecular weight excluding hydrogens is 366 g/mol. The summed E-state index contributed by atoms with van der Waals surface area (Å²) < 4.78 is 0. The van der Waals surface area contributed by atoms with Crippen molar-refractivity contribution in [2.24, 2.45) is 5.92 Å². The lowest BCUT2D eigenvalue weighted by molar-refractivity contribution is -0.115. The number of rotatable bonds is 6. The molecule has 6 nitrogen and oxygen atoms in total. The van der Waals surface area contributed by atoms with Crippen LogP contribution in [-0.2, 0) is 4.79 Å². The maximum atomic E-state index is 12.4. The fourth-order valence-electron chi connectivity index (χ4n) is 2.60. The maximum absolute atomic E-state index is 12.4. The Bertz CT molecular complexity index is 786. The topological polar surface area (TPSA) is 91.3 Å². The summed E-state index contributed by atoms with van der Waals surface area (Å²) in [6.07, 6.45) is 5.50. The van der Waals surface area contributed by atoms with Crippen molar-refractivity contribution < 1.29 is 14.7 Å². The highest BCUT2D eigenvalue weighted by Crippen LogP contribution is 2.30. The Morgan fingerprint density at radius 1 is 1.37 bits per heavy atom. The van der Waals surface area contributed by atoms with E-state index in [0.717, 1.165) is 6.42 Å². The number of halogens is 1.